The molecule has 0 aliphatic rings. The standard InChI is InChI=1S/C18H14O2S2/c1-22(19,21)20-11-15-8-7-14-6-5-12-3-2-4-13-9-10-16(15)18(14)17(12)13/h2-10H,11H2,1H3. The first kappa shape index (κ1) is 13.9. The Bertz CT molecular complexity index is 1080. The molecule has 0 aliphatic heterocycles. The van der Waals surface area contributed by atoms with Gasteiger partial charge in [-0.25, -0.2) is 4.21 Å². The van der Waals surface area contributed by atoms with Crippen LogP contribution in [0.3, 0.4) is 0 Å². The monoisotopic (exact) mass is 326 g/mol. The summed E-state index contributed by atoms with van der Waals surface area (Å²) in [6.45, 7) is 0.271. The SMILES string of the molecule is CS(=O)(=S)OCc1ccc2ccc3cccc4ccc1c2c34. The van der Waals surface area contributed by atoms with E-state index in [0.29, 0.717) is 0 Å². The molecule has 1 unspecified atom stereocenters. The molecule has 0 aromatic heterocycles. The van der Waals surface area contributed by atoms with Crippen molar-refractivity contribution in [2.45, 2.75) is 6.61 Å². The van der Waals surface area contributed by atoms with Gasteiger partial charge in [-0.1, -0.05) is 54.6 Å². The molecule has 0 amide bonds. The second kappa shape index (κ2) is 4.88. The van der Waals surface area contributed by atoms with Crippen molar-refractivity contribution in [1.29, 1.82) is 0 Å². The smallest absolute Gasteiger partial charge is 0.141 e. The van der Waals surface area contributed by atoms with Gasteiger partial charge in [0.25, 0.3) is 0 Å². The van der Waals surface area contributed by atoms with Gasteiger partial charge in [-0.05, 0) is 37.9 Å². The van der Waals surface area contributed by atoms with Crippen molar-refractivity contribution in [1.82, 2.24) is 0 Å². The van der Waals surface area contributed by atoms with Gasteiger partial charge < -0.3 is 0 Å². The largest absolute Gasteiger partial charge is 0.285 e. The summed E-state index contributed by atoms with van der Waals surface area (Å²) in [4.78, 5) is 0. The van der Waals surface area contributed by atoms with Crippen LogP contribution in [0, 0.1) is 0 Å². The number of rotatable bonds is 3. The quantitative estimate of drug-likeness (QED) is 0.522. The molecule has 1 atom stereocenters. The normalized spacial score (nSPS) is 14.8. The summed E-state index contributed by atoms with van der Waals surface area (Å²) >= 11 is 4.84. The Morgan fingerprint density at radius 1 is 0.909 bits per heavy atom. The first-order chi connectivity index (χ1) is 10.5. The van der Waals surface area contributed by atoms with Crippen LogP contribution in [0.1, 0.15) is 5.56 Å². The summed E-state index contributed by atoms with van der Waals surface area (Å²) in [5, 5.41) is 7.32. The van der Waals surface area contributed by atoms with Crippen LogP contribution in [0.5, 0.6) is 0 Å². The Labute approximate surface area is 133 Å². The summed E-state index contributed by atoms with van der Waals surface area (Å²) in [5.74, 6) is 0. The van der Waals surface area contributed by atoms with Crippen molar-refractivity contribution in [3.8, 4) is 0 Å². The maximum atomic E-state index is 11.6. The second-order valence-corrected chi connectivity index (χ2v) is 9.01. The van der Waals surface area contributed by atoms with Crippen molar-refractivity contribution in [3.63, 3.8) is 0 Å². The van der Waals surface area contributed by atoms with Crippen molar-refractivity contribution in [2.24, 2.45) is 0 Å². The van der Waals surface area contributed by atoms with E-state index in [1.807, 2.05) is 6.07 Å². The number of hydrogen-bond donors (Lipinski definition) is 0. The number of benzene rings is 4. The summed E-state index contributed by atoms with van der Waals surface area (Å²) in [6.07, 6.45) is 1.44. The van der Waals surface area contributed by atoms with Crippen molar-refractivity contribution in [2.75, 3.05) is 6.26 Å². The van der Waals surface area contributed by atoms with Crippen LogP contribution in [0.4, 0.5) is 0 Å². The van der Waals surface area contributed by atoms with Crippen molar-refractivity contribution >= 4 is 52.3 Å². The second-order valence-electron chi connectivity index (χ2n) is 5.55. The molecule has 4 aromatic carbocycles. The third-order valence-electron chi connectivity index (χ3n) is 4.05. The Morgan fingerprint density at radius 3 is 2.18 bits per heavy atom. The van der Waals surface area contributed by atoms with E-state index < -0.39 is 8.77 Å². The lowest BCUT2D eigenvalue weighted by Crippen LogP contribution is -2.02. The molecule has 4 rings (SSSR count). The molecular formula is C18H14O2S2. The van der Waals surface area contributed by atoms with Crippen LogP contribution in [0.2, 0.25) is 0 Å². The summed E-state index contributed by atoms with van der Waals surface area (Å²) < 4.78 is 17.0. The lowest BCUT2D eigenvalue weighted by atomic mass is 9.92. The zero-order chi connectivity index (χ0) is 15.3. The first-order valence-corrected chi connectivity index (χ1v) is 9.84. The molecule has 2 nitrogen and oxygen atoms in total. The van der Waals surface area contributed by atoms with Gasteiger partial charge >= 0.3 is 0 Å². The fraction of sp³-hybridized carbons (Fsp3) is 0.111. The van der Waals surface area contributed by atoms with Gasteiger partial charge in [0, 0.05) is 17.4 Å². The van der Waals surface area contributed by atoms with E-state index in [-0.39, 0.29) is 6.61 Å². The molecule has 0 aliphatic carbocycles. The van der Waals surface area contributed by atoms with E-state index in [2.05, 4.69) is 48.5 Å². The van der Waals surface area contributed by atoms with Gasteiger partial charge in [0.1, 0.15) is 8.77 Å². The zero-order valence-corrected chi connectivity index (χ0v) is 13.7. The van der Waals surface area contributed by atoms with E-state index >= 15 is 0 Å². The molecule has 0 heterocycles. The minimum absolute atomic E-state index is 0.271. The molecule has 0 saturated heterocycles. The zero-order valence-electron chi connectivity index (χ0n) is 12.0. The molecule has 0 fully saturated rings. The Morgan fingerprint density at radius 2 is 1.50 bits per heavy atom. The Kier molecular flexibility index (Phi) is 3.08. The highest BCUT2D eigenvalue weighted by atomic mass is 32.8. The summed E-state index contributed by atoms with van der Waals surface area (Å²) in [7, 11) is -2.62. The van der Waals surface area contributed by atoms with E-state index in [0.717, 1.165) is 10.9 Å². The predicted octanol–water partition coefficient (Wildman–Crippen LogP) is 4.39. The molecular weight excluding hydrogens is 312 g/mol. The average Bonchev–Trinajstić information content (AvgIpc) is 2.50. The van der Waals surface area contributed by atoms with Gasteiger partial charge in [-0.2, -0.15) is 0 Å². The highest BCUT2D eigenvalue weighted by molar-refractivity contribution is 8.29. The molecule has 0 spiro atoms. The Hall–Kier alpha value is -1.75. The molecule has 4 aromatic rings. The van der Waals surface area contributed by atoms with Gasteiger partial charge in [-0.3, -0.25) is 4.18 Å². The van der Waals surface area contributed by atoms with Crippen LogP contribution in [0.25, 0.3) is 32.3 Å². The maximum Gasteiger partial charge on any atom is 0.141 e. The molecule has 0 bridgehead atoms. The first-order valence-electron chi connectivity index (χ1n) is 7.03. The fourth-order valence-corrected chi connectivity index (χ4v) is 3.58. The van der Waals surface area contributed by atoms with Crippen molar-refractivity contribution < 1.29 is 8.39 Å². The van der Waals surface area contributed by atoms with Crippen LogP contribution in [0.15, 0.2) is 54.6 Å². The molecule has 0 saturated carbocycles. The Balaban J connectivity index is 2.04. The van der Waals surface area contributed by atoms with Crippen LogP contribution in [-0.2, 0) is 30.8 Å². The van der Waals surface area contributed by atoms with E-state index in [9.17, 15) is 4.21 Å². The molecule has 0 radical (unpaired) electrons. The molecule has 4 heteroatoms. The molecule has 22 heavy (non-hydrogen) atoms. The minimum atomic E-state index is -2.62. The third kappa shape index (κ3) is 2.24. The highest BCUT2D eigenvalue weighted by Gasteiger charge is 2.11. The van der Waals surface area contributed by atoms with Crippen LogP contribution < -0.4 is 0 Å². The summed E-state index contributed by atoms with van der Waals surface area (Å²) in [6, 6.07) is 19.0. The van der Waals surface area contributed by atoms with Gasteiger partial charge in [0.2, 0.25) is 0 Å². The van der Waals surface area contributed by atoms with Crippen LogP contribution in [-0.4, -0.2) is 10.5 Å². The third-order valence-corrected chi connectivity index (χ3v) is 4.88. The van der Waals surface area contributed by atoms with E-state index in [1.165, 1.54) is 33.2 Å². The summed E-state index contributed by atoms with van der Waals surface area (Å²) in [5.41, 5.74) is 1.02. The van der Waals surface area contributed by atoms with E-state index in [1.54, 1.807) is 0 Å². The molecule has 0 N–H and O–H groups in total. The average molecular weight is 326 g/mol. The highest BCUT2D eigenvalue weighted by Crippen LogP contribution is 2.36. The maximum absolute atomic E-state index is 11.6. The number of hydrogen-bond acceptors (Lipinski definition) is 3. The topological polar surface area (TPSA) is 26.3 Å². The van der Waals surface area contributed by atoms with E-state index in [4.69, 9.17) is 15.4 Å². The fourth-order valence-electron chi connectivity index (χ4n) is 3.09. The van der Waals surface area contributed by atoms with Gasteiger partial charge in [-0.15, -0.1) is 0 Å². The van der Waals surface area contributed by atoms with Gasteiger partial charge in [0.15, 0.2) is 0 Å². The van der Waals surface area contributed by atoms with Gasteiger partial charge in [0.05, 0.1) is 6.61 Å². The van der Waals surface area contributed by atoms with Crippen LogP contribution >= 0.6 is 0 Å². The lowest BCUT2D eigenvalue weighted by Gasteiger charge is -2.14. The lowest BCUT2D eigenvalue weighted by molar-refractivity contribution is 0.340. The minimum Gasteiger partial charge on any atom is -0.285 e. The van der Waals surface area contributed by atoms with Crippen molar-refractivity contribution in [3.05, 3.63) is 60.2 Å². The predicted molar refractivity (Wildman–Crippen MR) is 96.4 cm³/mol. The molecule has 110 valence electrons.